The van der Waals surface area contributed by atoms with Gasteiger partial charge in [0.1, 0.15) is 5.60 Å². The van der Waals surface area contributed by atoms with Gasteiger partial charge < -0.3 is 9.47 Å². The molecule has 3 unspecified atom stereocenters. The third kappa shape index (κ3) is 12.9. The van der Waals surface area contributed by atoms with Crippen LogP contribution in [0.4, 0.5) is 0 Å². The molecule has 0 aliphatic carbocycles. The summed E-state index contributed by atoms with van der Waals surface area (Å²) in [7, 11) is 0. The summed E-state index contributed by atoms with van der Waals surface area (Å²) in [4.78, 5) is 0. The molecule has 2 heteroatoms. The molecule has 1 aliphatic rings. The van der Waals surface area contributed by atoms with E-state index < -0.39 is 0 Å². The van der Waals surface area contributed by atoms with Gasteiger partial charge in [0.2, 0.25) is 0 Å². The SMILES string of the molecule is C.C.C.C.C.C.C.C.CCC(C)COC1(C)COC1C. The average molecular weight is 301 g/mol. The minimum absolute atomic E-state index is 0. The minimum atomic E-state index is -0.0105. The van der Waals surface area contributed by atoms with Gasteiger partial charge in [-0.05, 0) is 19.8 Å². The maximum atomic E-state index is 5.81. The molecule has 2 nitrogen and oxygen atoms in total. The molecule has 0 bridgehead atoms. The minimum Gasteiger partial charge on any atom is -0.372 e. The third-order valence-corrected chi connectivity index (χ3v) is 2.87. The fraction of sp³-hybridized carbons (Fsp3) is 1.00. The van der Waals surface area contributed by atoms with Crippen LogP contribution in [0.5, 0.6) is 0 Å². The summed E-state index contributed by atoms with van der Waals surface area (Å²) in [6.45, 7) is 10.2. The largest absolute Gasteiger partial charge is 0.372 e. The van der Waals surface area contributed by atoms with Crippen molar-refractivity contribution in [1.82, 2.24) is 0 Å². The lowest BCUT2D eigenvalue weighted by atomic mass is 9.95. The molecule has 1 aliphatic heterocycles. The van der Waals surface area contributed by atoms with Crippen molar-refractivity contribution in [3.63, 3.8) is 0 Å². The topological polar surface area (TPSA) is 18.5 Å². The second-order valence-electron chi connectivity index (χ2n) is 4.09. The molecule has 3 atom stereocenters. The highest BCUT2D eigenvalue weighted by Crippen LogP contribution is 2.29. The molecule has 0 saturated carbocycles. The third-order valence-electron chi connectivity index (χ3n) is 2.87. The van der Waals surface area contributed by atoms with Crippen LogP contribution in [-0.4, -0.2) is 24.9 Å². The van der Waals surface area contributed by atoms with Gasteiger partial charge in [0.25, 0.3) is 0 Å². The van der Waals surface area contributed by atoms with Gasteiger partial charge in [-0.25, -0.2) is 0 Å². The summed E-state index contributed by atoms with van der Waals surface area (Å²) in [6, 6.07) is 0. The predicted molar refractivity (Wildman–Crippen MR) is 103 cm³/mol. The first kappa shape index (κ1) is 50.2. The van der Waals surface area contributed by atoms with Gasteiger partial charge in [-0.15, -0.1) is 0 Å². The highest BCUT2D eigenvalue weighted by Gasteiger charge is 2.42. The van der Waals surface area contributed by atoms with Crippen LogP contribution in [-0.2, 0) is 9.47 Å². The molecule has 0 amide bonds. The Balaban J connectivity index is -0.0000000300. The van der Waals surface area contributed by atoms with Crippen LogP contribution in [0.3, 0.4) is 0 Å². The van der Waals surface area contributed by atoms with Gasteiger partial charge >= 0.3 is 0 Å². The van der Waals surface area contributed by atoms with E-state index >= 15 is 0 Å². The number of hydrogen-bond donors (Lipinski definition) is 0. The molecule has 1 rings (SSSR count). The molecule has 1 fully saturated rings. The number of ether oxygens (including phenoxy) is 2. The quantitative estimate of drug-likeness (QED) is 0.541. The Morgan fingerprint density at radius 3 is 1.65 bits per heavy atom. The Kier molecular flexibility index (Phi) is 53.3. The van der Waals surface area contributed by atoms with Gasteiger partial charge in [-0.3, -0.25) is 0 Å². The van der Waals surface area contributed by atoms with E-state index in [0.29, 0.717) is 5.92 Å². The van der Waals surface area contributed by atoms with E-state index in [1.54, 1.807) is 0 Å². The van der Waals surface area contributed by atoms with Crippen LogP contribution in [0.2, 0.25) is 0 Å². The van der Waals surface area contributed by atoms with Crippen LogP contribution in [0.15, 0.2) is 0 Å². The van der Waals surface area contributed by atoms with Crippen LogP contribution in [0.1, 0.15) is 93.5 Å². The van der Waals surface area contributed by atoms with E-state index in [-0.39, 0.29) is 71.1 Å². The second kappa shape index (κ2) is 21.2. The molecular weight excluding hydrogens is 248 g/mol. The van der Waals surface area contributed by atoms with Crippen molar-refractivity contribution in [3.8, 4) is 0 Å². The van der Waals surface area contributed by atoms with Gasteiger partial charge in [-0.1, -0.05) is 79.7 Å². The van der Waals surface area contributed by atoms with E-state index in [1.165, 1.54) is 6.42 Å². The zero-order valence-electron chi connectivity index (χ0n) is 8.59. The molecule has 1 saturated heterocycles. The van der Waals surface area contributed by atoms with Crippen LogP contribution in [0, 0.1) is 5.92 Å². The molecule has 0 aromatic heterocycles. The molecule has 0 spiro atoms. The average Bonchev–Trinajstić information content (AvgIpc) is 2.10. The summed E-state index contributed by atoms with van der Waals surface area (Å²) in [6.07, 6.45) is 1.45. The first-order valence-corrected chi connectivity index (χ1v) is 4.84. The maximum absolute atomic E-state index is 5.81. The summed E-state index contributed by atoms with van der Waals surface area (Å²) in [5.41, 5.74) is -0.0105. The van der Waals surface area contributed by atoms with E-state index in [0.717, 1.165) is 13.2 Å². The fourth-order valence-electron chi connectivity index (χ4n) is 1.09. The van der Waals surface area contributed by atoms with Crippen LogP contribution in [0.25, 0.3) is 0 Å². The molecule has 1 heterocycles. The van der Waals surface area contributed by atoms with Crippen molar-refractivity contribution >= 4 is 0 Å². The van der Waals surface area contributed by atoms with E-state index in [4.69, 9.17) is 9.47 Å². The molecule has 0 aromatic carbocycles. The molecule has 0 aromatic rings. The van der Waals surface area contributed by atoms with Crippen molar-refractivity contribution in [3.05, 3.63) is 0 Å². The lowest BCUT2D eigenvalue weighted by molar-refractivity contribution is -0.248. The van der Waals surface area contributed by atoms with Gasteiger partial charge in [0.05, 0.1) is 19.3 Å². The monoisotopic (exact) mass is 300 g/mol. The standard InChI is InChI=1S/C10H20O2.8CH4/c1-5-8(2)6-12-10(4)7-11-9(10)3;;;;;;;;/h8-9H,5-7H2,1-4H3;8*1H4. The number of rotatable bonds is 4. The zero-order chi connectivity index (χ0) is 9.19. The summed E-state index contributed by atoms with van der Waals surface area (Å²) in [5, 5.41) is 0. The van der Waals surface area contributed by atoms with Crippen LogP contribution >= 0.6 is 0 Å². The second-order valence-corrected chi connectivity index (χ2v) is 4.09. The Hall–Kier alpha value is -0.0800. The van der Waals surface area contributed by atoms with E-state index in [1.807, 2.05) is 0 Å². The fourth-order valence-corrected chi connectivity index (χ4v) is 1.09. The maximum Gasteiger partial charge on any atom is 0.114 e. The molecule has 20 heavy (non-hydrogen) atoms. The van der Waals surface area contributed by atoms with Crippen molar-refractivity contribution in [2.75, 3.05) is 13.2 Å². The van der Waals surface area contributed by atoms with Crippen molar-refractivity contribution in [2.24, 2.45) is 5.92 Å². The Morgan fingerprint density at radius 2 is 1.45 bits per heavy atom. The lowest BCUT2D eigenvalue weighted by Crippen LogP contribution is -2.56. The van der Waals surface area contributed by atoms with Crippen molar-refractivity contribution in [1.29, 1.82) is 0 Å². The Morgan fingerprint density at radius 1 is 1.05 bits per heavy atom. The molecule has 0 radical (unpaired) electrons. The highest BCUT2D eigenvalue weighted by molar-refractivity contribution is 4.90. The van der Waals surface area contributed by atoms with E-state index in [2.05, 4.69) is 27.7 Å². The van der Waals surface area contributed by atoms with Crippen molar-refractivity contribution in [2.45, 2.75) is 105 Å². The van der Waals surface area contributed by atoms with Crippen molar-refractivity contribution < 1.29 is 9.47 Å². The summed E-state index contributed by atoms with van der Waals surface area (Å²) in [5.74, 6) is 0.662. The highest BCUT2D eigenvalue weighted by atomic mass is 16.6. The first-order chi connectivity index (χ1) is 5.58. The smallest absolute Gasteiger partial charge is 0.114 e. The molecular formula is C18H52O2. The van der Waals surface area contributed by atoms with Crippen LogP contribution < -0.4 is 0 Å². The Labute approximate surface area is 134 Å². The summed E-state index contributed by atoms with van der Waals surface area (Å²) >= 11 is 0. The predicted octanol–water partition coefficient (Wildman–Crippen LogP) is 7.32. The Bertz CT molecular complexity index is 148. The summed E-state index contributed by atoms with van der Waals surface area (Å²) < 4.78 is 11.1. The van der Waals surface area contributed by atoms with E-state index in [9.17, 15) is 0 Å². The number of hydrogen-bond acceptors (Lipinski definition) is 2. The molecule has 0 N–H and O–H groups in total. The first-order valence-electron chi connectivity index (χ1n) is 4.84. The molecule has 136 valence electrons. The normalized spacial score (nSPS) is 22.5. The van der Waals surface area contributed by atoms with Gasteiger partial charge in [0, 0.05) is 0 Å². The lowest BCUT2D eigenvalue weighted by Gasteiger charge is -2.45. The zero-order valence-corrected chi connectivity index (χ0v) is 8.59. The van der Waals surface area contributed by atoms with Gasteiger partial charge in [-0.2, -0.15) is 0 Å². The van der Waals surface area contributed by atoms with Gasteiger partial charge in [0.15, 0.2) is 0 Å².